The maximum Gasteiger partial charge on any atom is 0.306 e. The Kier molecular flexibility index (Phi) is 48.6. The number of unbranched alkanes of at least 4 members (excludes halogenated alkanes) is 26. The third kappa shape index (κ3) is 45.9. The van der Waals surface area contributed by atoms with E-state index in [4.69, 9.17) is 4.74 Å². The van der Waals surface area contributed by atoms with Gasteiger partial charge in [-0.15, -0.1) is 0 Å². The van der Waals surface area contributed by atoms with Crippen LogP contribution >= 0.6 is 0 Å². The van der Waals surface area contributed by atoms with Gasteiger partial charge in [0, 0.05) is 6.42 Å². The molecule has 0 spiro atoms. The van der Waals surface area contributed by atoms with Crippen LogP contribution in [0.3, 0.4) is 0 Å². The van der Waals surface area contributed by atoms with Crippen LogP contribution in [0, 0.1) is 0 Å². The van der Waals surface area contributed by atoms with Gasteiger partial charge >= 0.3 is 5.97 Å². The molecule has 0 aromatic carbocycles. The Hall–Kier alpha value is -2.44. The van der Waals surface area contributed by atoms with Crippen LogP contribution in [-0.2, 0) is 14.3 Å². The second-order valence-electron chi connectivity index (χ2n) is 18.3. The van der Waals surface area contributed by atoms with Crippen LogP contribution in [0.4, 0.5) is 0 Å². The highest BCUT2D eigenvalue weighted by Gasteiger charge is 2.24. The van der Waals surface area contributed by atoms with Crippen molar-refractivity contribution < 1.29 is 24.5 Å². The molecule has 0 fully saturated rings. The van der Waals surface area contributed by atoms with Gasteiger partial charge in [-0.2, -0.15) is 0 Å². The molecule has 0 aliphatic rings. The van der Waals surface area contributed by atoms with Crippen LogP contribution in [-0.4, -0.2) is 46.9 Å². The van der Waals surface area contributed by atoms with Gasteiger partial charge in [0.25, 0.3) is 0 Å². The van der Waals surface area contributed by atoms with E-state index in [9.17, 15) is 19.8 Å². The van der Waals surface area contributed by atoms with Crippen LogP contribution in [0.25, 0.3) is 0 Å². The monoisotopic (exact) mass is 882 g/mol. The molecular formula is C57H103NO5. The van der Waals surface area contributed by atoms with E-state index in [0.717, 1.165) is 70.6 Å². The molecular weight excluding hydrogens is 779 g/mol. The van der Waals surface area contributed by atoms with Crippen LogP contribution in [0.15, 0.2) is 60.8 Å². The first-order valence-electron chi connectivity index (χ1n) is 27.0. The quantitative estimate of drug-likeness (QED) is 0.0321. The lowest BCUT2D eigenvalue weighted by atomic mass is 10.0. The molecule has 3 N–H and O–H groups in total. The molecule has 3 unspecified atom stereocenters. The number of esters is 1. The SMILES string of the molecule is CCCCC/C=C\C/C=C\C/C=C\C/C=C\CCCC(=O)OC(CCCCCCC/C=C\CCCCCC)CC(=O)NC(CO)C(O)CCCCCCCCCCCCCCCC. The normalized spacial score (nSPS) is 13.7. The van der Waals surface area contributed by atoms with Crippen LogP contribution in [0.5, 0.6) is 0 Å². The Morgan fingerprint density at radius 3 is 1.29 bits per heavy atom. The number of allylic oxidation sites excluding steroid dienone is 10. The summed E-state index contributed by atoms with van der Waals surface area (Å²) in [6, 6.07) is -0.716. The Morgan fingerprint density at radius 2 is 0.810 bits per heavy atom. The van der Waals surface area contributed by atoms with Crippen molar-refractivity contribution in [3.05, 3.63) is 60.8 Å². The third-order valence-electron chi connectivity index (χ3n) is 12.1. The van der Waals surface area contributed by atoms with Crippen molar-refractivity contribution in [3.8, 4) is 0 Å². The van der Waals surface area contributed by atoms with Gasteiger partial charge in [0.2, 0.25) is 5.91 Å². The summed E-state index contributed by atoms with van der Waals surface area (Å²) >= 11 is 0. The minimum atomic E-state index is -0.800. The van der Waals surface area contributed by atoms with Crippen LogP contribution in [0.1, 0.15) is 265 Å². The van der Waals surface area contributed by atoms with Gasteiger partial charge in [-0.3, -0.25) is 9.59 Å². The van der Waals surface area contributed by atoms with E-state index in [2.05, 4.69) is 86.8 Å². The van der Waals surface area contributed by atoms with E-state index in [1.807, 2.05) is 0 Å². The molecule has 0 bridgehead atoms. The molecule has 0 heterocycles. The van der Waals surface area contributed by atoms with Crippen molar-refractivity contribution in [2.75, 3.05) is 6.61 Å². The number of rotatable bonds is 48. The lowest BCUT2D eigenvalue weighted by Gasteiger charge is -2.24. The predicted octanol–water partition coefficient (Wildman–Crippen LogP) is 16.4. The van der Waals surface area contributed by atoms with E-state index < -0.39 is 18.2 Å². The number of hydrogen-bond acceptors (Lipinski definition) is 5. The summed E-state index contributed by atoms with van der Waals surface area (Å²) in [6.45, 7) is 6.44. The minimum Gasteiger partial charge on any atom is -0.462 e. The zero-order chi connectivity index (χ0) is 45.9. The highest BCUT2D eigenvalue weighted by atomic mass is 16.5. The average molecular weight is 882 g/mol. The highest BCUT2D eigenvalue weighted by Crippen LogP contribution is 2.17. The summed E-state index contributed by atoms with van der Waals surface area (Å²) < 4.78 is 5.91. The Labute approximate surface area is 390 Å². The topological polar surface area (TPSA) is 95.9 Å². The molecule has 0 radical (unpaired) electrons. The number of aliphatic hydroxyl groups excluding tert-OH is 2. The standard InChI is InChI=1S/C57H103NO5/c1-4-7-10-13-16-19-22-25-27-28-29-32-35-38-41-44-47-50-57(62)63-53(48-45-42-39-36-33-30-24-21-18-15-12-9-6-3)51-56(61)58-54(52-59)55(60)49-46-43-40-37-34-31-26-23-20-17-14-11-8-5-2/h16,19,21,24-25,27,29,32,38,41,53-55,59-60H,4-15,17-18,20,22-23,26,28,30-31,33-37,39-40,42-52H2,1-3H3,(H,58,61)/b19-16-,24-21-,27-25-,32-29-,41-38-. The van der Waals surface area contributed by atoms with E-state index in [-0.39, 0.29) is 24.9 Å². The van der Waals surface area contributed by atoms with Crippen molar-refractivity contribution in [3.63, 3.8) is 0 Å². The Bertz CT molecular complexity index is 1130. The highest BCUT2D eigenvalue weighted by molar-refractivity contribution is 5.77. The summed E-state index contributed by atoms with van der Waals surface area (Å²) in [5.74, 6) is -0.545. The average Bonchev–Trinajstić information content (AvgIpc) is 3.28. The molecule has 3 atom stereocenters. The van der Waals surface area contributed by atoms with Gasteiger partial charge < -0.3 is 20.3 Å². The van der Waals surface area contributed by atoms with E-state index >= 15 is 0 Å². The number of hydrogen-bond donors (Lipinski definition) is 3. The molecule has 0 aromatic heterocycles. The molecule has 366 valence electrons. The van der Waals surface area contributed by atoms with E-state index in [1.165, 1.54) is 141 Å². The molecule has 6 heteroatoms. The van der Waals surface area contributed by atoms with Crippen molar-refractivity contribution >= 4 is 11.9 Å². The van der Waals surface area contributed by atoms with E-state index in [0.29, 0.717) is 25.7 Å². The third-order valence-corrected chi connectivity index (χ3v) is 12.1. The Balaban J connectivity index is 4.65. The van der Waals surface area contributed by atoms with Crippen molar-refractivity contribution in [2.45, 2.75) is 283 Å². The van der Waals surface area contributed by atoms with Gasteiger partial charge in [-0.25, -0.2) is 0 Å². The zero-order valence-electron chi connectivity index (χ0n) is 41.7. The molecule has 0 saturated heterocycles. The van der Waals surface area contributed by atoms with Gasteiger partial charge in [-0.05, 0) is 89.9 Å². The second-order valence-corrected chi connectivity index (χ2v) is 18.3. The van der Waals surface area contributed by atoms with Gasteiger partial charge in [-0.1, -0.05) is 223 Å². The number of amides is 1. The van der Waals surface area contributed by atoms with Crippen molar-refractivity contribution in [1.29, 1.82) is 0 Å². The number of nitrogens with one attached hydrogen (secondary N) is 1. The lowest BCUT2D eigenvalue weighted by Crippen LogP contribution is -2.46. The summed E-state index contributed by atoms with van der Waals surface area (Å²) in [5, 5.41) is 23.8. The summed E-state index contributed by atoms with van der Waals surface area (Å²) in [4.78, 5) is 26.2. The molecule has 1 amide bonds. The van der Waals surface area contributed by atoms with Crippen molar-refractivity contribution in [2.24, 2.45) is 0 Å². The van der Waals surface area contributed by atoms with Crippen LogP contribution < -0.4 is 5.32 Å². The summed E-state index contributed by atoms with van der Waals surface area (Å²) in [7, 11) is 0. The maximum absolute atomic E-state index is 13.2. The first kappa shape index (κ1) is 60.6. The first-order chi connectivity index (χ1) is 31.0. The maximum atomic E-state index is 13.2. The fraction of sp³-hybridized carbons (Fsp3) is 0.789. The first-order valence-corrected chi connectivity index (χ1v) is 27.0. The minimum absolute atomic E-state index is 0.0496. The Morgan fingerprint density at radius 1 is 0.460 bits per heavy atom. The van der Waals surface area contributed by atoms with Gasteiger partial charge in [0.1, 0.15) is 6.10 Å². The van der Waals surface area contributed by atoms with Gasteiger partial charge in [0.15, 0.2) is 0 Å². The number of carbonyl (C=O) groups is 2. The van der Waals surface area contributed by atoms with E-state index in [1.54, 1.807) is 0 Å². The molecule has 0 rings (SSSR count). The van der Waals surface area contributed by atoms with Gasteiger partial charge in [0.05, 0.1) is 25.2 Å². The number of ether oxygens (including phenoxy) is 1. The predicted molar refractivity (Wildman–Crippen MR) is 273 cm³/mol. The number of aliphatic hydroxyl groups is 2. The zero-order valence-corrected chi connectivity index (χ0v) is 41.7. The summed E-state index contributed by atoms with van der Waals surface area (Å²) in [5.41, 5.74) is 0. The molecule has 63 heavy (non-hydrogen) atoms. The van der Waals surface area contributed by atoms with Crippen molar-refractivity contribution in [1.82, 2.24) is 5.32 Å². The lowest BCUT2D eigenvalue weighted by molar-refractivity contribution is -0.151. The largest absolute Gasteiger partial charge is 0.462 e. The summed E-state index contributed by atoms with van der Waals surface area (Å²) in [6.07, 6.45) is 62.8. The second kappa shape index (κ2) is 50.6. The molecule has 0 saturated carbocycles. The fourth-order valence-corrected chi connectivity index (χ4v) is 7.95. The molecule has 6 nitrogen and oxygen atoms in total. The smallest absolute Gasteiger partial charge is 0.306 e. The van der Waals surface area contributed by atoms with Crippen LogP contribution in [0.2, 0.25) is 0 Å². The number of carbonyl (C=O) groups excluding carboxylic acids is 2. The molecule has 0 aliphatic heterocycles. The molecule has 0 aliphatic carbocycles. The fourth-order valence-electron chi connectivity index (χ4n) is 7.95. The molecule has 0 aromatic rings.